The number of nitrogens with one attached hydrogen (secondary N) is 1. The second kappa shape index (κ2) is 6.73. The zero-order valence-corrected chi connectivity index (χ0v) is 12.7. The van der Waals surface area contributed by atoms with Gasteiger partial charge in [0, 0.05) is 12.1 Å². The second-order valence-corrected chi connectivity index (χ2v) is 6.40. The summed E-state index contributed by atoms with van der Waals surface area (Å²) >= 11 is 0. The number of hydrogen-bond donors (Lipinski definition) is 1. The maximum Gasteiger partial charge on any atom is 0.238 e. The molecular weight excluding hydrogens is 286 g/mol. The highest BCUT2D eigenvalue weighted by Crippen LogP contribution is 2.35. The Balaban J connectivity index is 1.62. The van der Waals surface area contributed by atoms with Gasteiger partial charge < -0.3 is 5.32 Å². The summed E-state index contributed by atoms with van der Waals surface area (Å²) in [6.45, 7) is 1.18. The molecule has 1 aliphatic carbocycles. The van der Waals surface area contributed by atoms with E-state index in [4.69, 9.17) is 0 Å². The van der Waals surface area contributed by atoms with Gasteiger partial charge in [-0.2, -0.15) is 0 Å². The number of hydrogen-bond acceptors (Lipinski definition) is 2. The van der Waals surface area contributed by atoms with Crippen molar-refractivity contribution < 1.29 is 13.6 Å². The normalized spacial score (nSPS) is 25.5. The average Bonchev–Trinajstić information content (AvgIpc) is 2.51. The summed E-state index contributed by atoms with van der Waals surface area (Å²) in [7, 11) is 0. The summed E-state index contributed by atoms with van der Waals surface area (Å²) in [5.74, 6) is -0.733. The third-order valence-corrected chi connectivity index (χ3v) is 4.91. The minimum atomic E-state index is -0.607. The second-order valence-electron chi connectivity index (χ2n) is 6.40. The van der Waals surface area contributed by atoms with Crippen molar-refractivity contribution in [2.45, 2.75) is 44.6 Å². The lowest BCUT2D eigenvalue weighted by molar-refractivity contribution is -0.119. The molecule has 0 radical (unpaired) electrons. The van der Waals surface area contributed by atoms with Crippen LogP contribution in [0.4, 0.5) is 14.5 Å². The van der Waals surface area contributed by atoms with Crippen LogP contribution < -0.4 is 5.32 Å². The Morgan fingerprint density at radius 2 is 1.95 bits per heavy atom. The van der Waals surface area contributed by atoms with Crippen LogP contribution in [-0.4, -0.2) is 29.9 Å². The van der Waals surface area contributed by atoms with Crippen LogP contribution >= 0.6 is 0 Å². The zero-order valence-electron chi connectivity index (χ0n) is 12.7. The first-order valence-corrected chi connectivity index (χ1v) is 8.12. The van der Waals surface area contributed by atoms with E-state index in [1.807, 2.05) is 0 Å². The van der Waals surface area contributed by atoms with Crippen molar-refractivity contribution in [1.29, 1.82) is 0 Å². The van der Waals surface area contributed by atoms with Gasteiger partial charge in [-0.25, -0.2) is 8.78 Å². The molecule has 2 fully saturated rings. The average molecular weight is 308 g/mol. The molecule has 1 heterocycles. The molecular formula is C17H22F2N2O. The monoisotopic (exact) mass is 308 g/mol. The number of benzene rings is 1. The molecule has 3 nitrogen and oxygen atoms in total. The Kier molecular flexibility index (Phi) is 4.71. The molecule has 2 aliphatic rings. The van der Waals surface area contributed by atoms with Gasteiger partial charge in [-0.3, -0.25) is 9.69 Å². The predicted octanol–water partition coefficient (Wildman–Crippen LogP) is 3.56. The number of fused-ring (bicyclic) bond motifs is 1. The van der Waals surface area contributed by atoms with Crippen LogP contribution in [0.1, 0.15) is 38.5 Å². The maximum absolute atomic E-state index is 13.6. The van der Waals surface area contributed by atoms with E-state index in [0.29, 0.717) is 12.0 Å². The molecule has 1 aromatic rings. The highest BCUT2D eigenvalue weighted by atomic mass is 19.1. The lowest BCUT2D eigenvalue weighted by atomic mass is 9.78. The van der Waals surface area contributed by atoms with Gasteiger partial charge >= 0.3 is 0 Å². The molecule has 120 valence electrons. The van der Waals surface area contributed by atoms with Gasteiger partial charge in [0.05, 0.1) is 12.2 Å². The molecule has 5 heteroatoms. The Morgan fingerprint density at radius 1 is 1.18 bits per heavy atom. The molecule has 1 aromatic carbocycles. The molecule has 1 saturated heterocycles. The van der Waals surface area contributed by atoms with Gasteiger partial charge in [0.1, 0.15) is 11.6 Å². The summed E-state index contributed by atoms with van der Waals surface area (Å²) in [5, 5.41) is 2.50. The van der Waals surface area contributed by atoms with Crippen molar-refractivity contribution in [2.75, 3.05) is 18.4 Å². The van der Waals surface area contributed by atoms with Crippen LogP contribution in [0.3, 0.4) is 0 Å². The molecule has 3 rings (SSSR count). The van der Waals surface area contributed by atoms with E-state index in [9.17, 15) is 13.6 Å². The maximum atomic E-state index is 13.6. The third-order valence-electron chi connectivity index (χ3n) is 4.91. The van der Waals surface area contributed by atoms with E-state index in [-0.39, 0.29) is 18.1 Å². The molecule has 1 saturated carbocycles. The molecule has 0 bridgehead atoms. The summed E-state index contributed by atoms with van der Waals surface area (Å²) in [4.78, 5) is 14.4. The number of likely N-dealkylation sites (tertiary alicyclic amines) is 1. The van der Waals surface area contributed by atoms with Gasteiger partial charge in [0.15, 0.2) is 0 Å². The summed E-state index contributed by atoms with van der Waals surface area (Å²) in [5.41, 5.74) is -0.0813. The van der Waals surface area contributed by atoms with Crippen molar-refractivity contribution in [3.63, 3.8) is 0 Å². The summed E-state index contributed by atoms with van der Waals surface area (Å²) in [6.07, 6.45) is 7.27. The van der Waals surface area contributed by atoms with Crippen molar-refractivity contribution in [1.82, 2.24) is 4.90 Å². The number of anilines is 1. The van der Waals surface area contributed by atoms with Crippen LogP contribution in [0.2, 0.25) is 0 Å². The zero-order chi connectivity index (χ0) is 15.5. The topological polar surface area (TPSA) is 32.3 Å². The van der Waals surface area contributed by atoms with Crippen molar-refractivity contribution in [3.8, 4) is 0 Å². The fourth-order valence-corrected chi connectivity index (χ4v) is 3.89. The molecule has 22 heavy (non-hydrogen) atoms. The number of piperidine rings is 1. The molecule has 0 spiro atoms. The van der Waals surface area contributed by atoms with Gasteiger partial charge in [0.25, 0.3) is 0 Å². The van der Waals surface area contributed by atoms with Crippen molar-refractivity contribution >= 4 is 11.6 Å². The fourth-order valence-electron chi connectivity index (χ4n) is 3.89. The van der Waals surface area contributed by atoms with Gasteiger partial charge in [-0.15, -0.1) is 0 Å². The number of amides is 1. The number of halogens is 2. The summed E-state index contributed by atoms with van der Waals surface area (Å²) < 4.78 is 26.7. The molecule has 0 unspecified atom stereocenters. The number of carbonyl (C=O) groups excluding carboxylic acids is 1. The number of carbonyl (C=O) groups is 1. The minimum absolute atomic E-state index is 0.0813. The first kappa shape index (κ1) is 15.4. The van der Waals surface area contributed by atoms with E-state index in [1.54, 1.807) is 0 Å². The summed E-state index contributed by atoms with van der Waals surface area (Å²) in [6, 6.07) is 3.57. The molecule has 0 aromatic heterocycles. The quantitative estimate of drug-likeness (QED) is 0.926. The lowest BCUT2D eigenvalue weighted by Crippen LogP contribution is -2.49. The Hall–Kier alpha value is -1.49. The number of rotatable bonds is 3. The Labute approximate surface area is 129 Å². The first-order valence-electron chi connectivity index (χ1n) is 8.12. The van der Waals surface area contributed by atoms with E-state index in [0.717, 1.165) is 37.6 Å². The number of nitrogens with zero attached hydrogens (tertiary/aromatic N) is 1. The van der Waals surface area contributed by atoms with Crippen LogP contribution in [-0.2, 0) is 4.79 Å². The molecule has 1 aliphatic heterocycles. The van der Waals surface area contributed by atoms with Crippen LogP contribution in [0.15, 0.2) is 18.2 Å². The minimum Gasteiger partial charge on any atom is -0.322 e. The Morgan fingerprint density at radius 3 is 2.82 bits per heavy atom. The smallest absolute Gasteiger partial charge is 0.238 e. The molecule has 2 atom stereocenters. The van der Waals surface area contributed by atoms with Crippen LogP contribution in [0.5, 0.6) is 0 Å². The first-order chi connectivity index (χ1) is 10.6. The highest BCUT2D eigenvalue weighted by molar-refractivity contribution is 5.92. The van der Waals surface area contributed by atoms with E-state index >= 15 is 0 Å². The van der Waals surface area contributed by atoms with Crippen LogP contribution in [0.25, 0.3) is 0 Å². The molecule has 1 N–H and O–H groups in total. The largest absolute Gasteiger partial charge is 0.322 e. The SMILES string of the molecule is O=C(CN1CCC[C@@H]2CCCC[C@@H]21)Nc1cc(F)ccc1F. The molecule has 1 amide bonds. The van der Waals surface area contributed by atoms with Gasteiger partial charge in [-0.1, -0.05) is 12.8 Å². The highest BCUT2D eigenvalue weighted by Gasteiger charge is 2.33. The lowest BCUT2D eigenvalue weighted by Gasteiger charge is -2.43. The van der Waals surface area contributed by atoms with E-state index < -0.39 is 11.6 Å². The van der Waals surface area contributed by atoms with Gasteiger partial charge in [0.2, 0.25) is 5.91 Å². The van der Waals surface area contributed by atoms with Gasteiger partial charge in [-0.05, 0) is 50.3 Å². The third kappa shape index (κ3) is 3.46. The Bertz CT molecular complexity index is 547. The van der Waals surface area contributed by atoms with E-state index in [2.05, 4.69) is 10.2 Å². The van der Waals surface area contributed by atoms with E-state index in [1.165, 1.54) is 25.7 Å². The fraction of sp³-hybridized carbons (Fsp3) is 0.588. The van der Waals surface area contributed by atoms with Crippen molar-refractivity contribution in [2.24, 2.45) is 5.92 Å². The standard InChI is InChI=1S/C17H22F2N2O/c18-13-7-8-14(19)15(10-13)20-17(22)11-21-9-3-5-12-4-1-2-6-16(12)21/h7-8,10,12,16H,1-6,9,11H2,(H,20,22)/t12-,16-/m0/s1. The van der Waals surface area contributed by atoms with Crippen molar-refractivity contribution in [3.05, 3.63) is 29.8 Å². The van der Waals surface area contributed by atoms with Crippen LogP contribution in [0, 0.1) is 17.6 Å². The predicted molar refractivity (Wildman–Crippen MR) is 81.5 cm³/mol.